The standard InChI is InChI=1S/C19H40O4S.K/c1-2-3-4-5-6-7-8-10-13-16-19(24(21,22)23)17-14-11-9-12-15-18-20;/h19-20H,2-18H2,1H3,(H,21,22,23);/q;+1/p-1. The Labute approximate surface area is 199 Å². The molecule has 0 radical (unpaired) electrons. The van der Waals surface area contributed by atoms with Gasteiger partial charge in [0, 0.05) is 11.9 Å². The van der Waals surface area contributed by atoms with E-state index in [2.05, 4.69) is 6.92 Å². The molecule has 0 aromatic rings. The molecule has 0 aromatic heterocycles. The van der Waals surface area contributed by atoms with E-state index in [0.29, 0.717) is 12.8 Å². The van der Waals surface area contributed by atoms with Crippen LogP contribution in [0.5, 0.6) is 0 Å². The topological polar surface area (TPSA) is 77.4 Å². The van der Waals surface area contributed by atoms with Gasteiger partial charge in [0.25, 0.3) is 0 Å². The van der Waals surface area contributed by atoms with E-state index < -0.39 is 15.4 Å². The molecule has 0 aliphatic carbocycles. The molecule has 0 spiro atoms. The molecule has 0 aromatic carbocycles. The van der Waals surface area contributed by atoms with Crippen LogP contribution in [-0.2, 0) is 10.1 Å². The quantitative estimate of drug-likeness (QED) is 0.216. The van der Waals surface area contributed by atoms with Crippen LogP contribution >= 0.6 is 0 Å². The predicted octanol–water partition coefficient (Wildman–Crippen LogP) is 2.16. The van der Waals surface area contributed by atoms with Crippen LogP contribution in [0.15, 0.2) is 0 Å². The summed E-state index contributed by atoms with van der Waals surface area (Å²) >= 11 is 0. The molecule has 146 valence electrons. The summed E-state index contributed by atoms with van der Waals surface area (Å²) in [7, 11) is -4.16. The van der Waals surface area contributed by atoms with E-state index in [1.165, 1.54) is 38.5 Å². The van der Waals surface area contributed by atoms with Gasteiger partial charge in [-0.05, 0) is 19.3 Å². The van der Waals surface area contributed by atoms with E-state index in [-0.39, 0.29) is 58.0 Å². The SMILES string of the molecule is CCCCCCCCCCCC(CCCCCCCO)S(=O)(=O)[O-].[K+]. The fourth-order valence-electron chi connectivity index (χ4n) is 3.13. The molecule has 0 heterocycles. The van der Waals surface area contributed by atoms with Gasteiger partial charge in [0.15, 0.2) is 0 Å². The van der Waals surface area contributed by atoms with Crippen LogP contribution in [0, 0.1) is 0 Å². The van der Waals surface area contributed by atoms with E-state index in [1.807, 2.05) is 0 Å². The van der Waals surface area contributed by atoms with Gasteiger partial charge >= 0.3 is 51.4 Å². The van der Waals surface area contributed by atoms with Gasteiger partial charge in [0.2, 0.25) is 0 Å². The number of rotatable bonds is 18. The first-order valence-corrected chi connectivity index (χ1v) is 11.5. The second kappa shape index (κ2) is 20.2. The molecular weight excluding hydrogens is 363 g/mol. The molecule has 0 aliphatic rings. The molecule has 25 heavy (non-hydrogen) atoms. The summed E-state index contributed by atoms with van der Waals surface area (Å²) in [6.45, 7) is 2.44. The molecule has 1 unspecified atom stereocenters. The first kappa shape index (κ1) is 28.7. The van der Waals surface area contributed by atoms with E-state index in [4.69, 9.17) is 5.11 Å². The minimum Gasteiger partial charge on any atom is -0.748 e. The van der Waals surface area contributed by atoms with Crippen LogP contribution < -0.4 is 51.4 Å². The summed E-state index contributed by atoms with van der Waals surface area (Å²) < 4.78 is 34.1. The molecule has 0 fully saturated rings. The summed E-state index contributed by atoms with van der Waals surface area (Å²) in [5.74, 6) is 0. The van der Waals surface area contributed by atoms with Crippen LogP contribution in [0.2, 0.25) is 0 Å². The summed E-state index contributed by atoms with van der Waals surface area (Å²) in [6.07, 6.45) is 16.3. The van der Waals surface area contributed by atoms with Gasteiger partial charge in [0.1, 0.15) is 0 Å². The van der Waals surface area contributed by atoms with E-state index >= 15 is 0 Å². The molecule has 0 bridgehead atoms. The Morgan fingerprint density at radius 2 is 1.08 bits per heavy atom. The Bertz CT molecular complexity index is 360. The number of hydrogen-bond donors (Lipinski definition) is 1. The average molecular weight is 403 g/mol. The van der Waals surface area contributed by atoms with Crippen molar-refractivity contribution in [2.24, 2.45) is 0 Å². The van der Waals surface area contributed by atoms with Crippen molar-refractivity contribution in [1.82, 2.24) is 0 Å². The van der Waals surface area contributed by atoms with Gasteiger partial charge in [0.05, 0.1) is 10.1 Å². The van der Waals surface area contributed by atoms with Crippen molar-refractivity contribution in [2.45, 2.75) is 115 Å². The minimum atomic E-state index is -4.16. The van der Waals surface area contributed by atoms with E-state index in [9.17, 15) is 13.0 Å². The van der Waals surface area contributed by atoms with Gasteiger partial charge in [-0.1, -0.05) is 90.4 Å². The maximum atomic E-state index is 11.4. The van der Waals surface area contributed by atoms with Gasteiger partial charge < -0.3 is 9.66 Å². The maximum Gasteiger partial charge on any atom is 1.00 e. The van der Waals surface area contributed by atoms with Crippen LogP contribution in [-0.4, -0.2) is 29.9 Å². The monoisotopic (exact) mass is 402 g/mol. The average Bonchev–Trinajstić information content (AvgIpc) is 2.53. The Morgan fingerprint density at radius 1 is 0.720 bits per heavy atom. The number of aliphatic hydroxyl groups is 1. The fourth-order valence-corrected chi connectivity index (χ4v) is 4.04. The Balaban J connectivity index is 0. The van der Waals surface area contributed by atoms with Crippen LogP contribution in [0.4, 0.5) is 0 Å². The van der Waals surface area contributed by atoms with Crippen molar-refractivity contribution < 1.29 is 69.5 Å². The molecule has 0 saturated heterocycles. The Morgan fingerprint density at radius 3 is 1.44 bits per heavy atom. The maximum absolute atomic E-state index is 11.4. The number of hydrogen-bond acceptors (Lipinski definition) is 4. The van der Waals surface area contributed by atoms with Gasteiger partial charge in [-0.2, -0.15) is 0 Å². The summed E-state index contributed by atoms with van der Waals surface area (Å²) in [6, 6.07) is 0. The largest absolute Gasteiger partial charge is 1.00 e. The van der Waals surface area contributed by atoms with Crippen molar-refractivity contribution in [3.63, 3.8) is 0 Å². The van der Waals surface area contributed by atoms with Crippen molar-refractivity contribution in [2.75, 3.05) is 6.61 Å². The zero-order valence-electron chi connectivity index (χ0n) is 16.7. The summed E-state index contributed by atoms with van der Waals surface area (Å²) in [5.41, 5.74) is 0. The third kappa shape index (κ3) is 20.1. The summed E-state index contributed by atoms with van der Waals surface area (Å²) in [4.78, 5) is 0. The minimum absolute atomic E-state index is 0. The molecule has 0 aliphatic heterocycles. The smallest absolute Gasteiger partial charge is 0.748 e. The van der Waals surface area contributed by atoms with Crippen LogP contribution in [0.1, 0.15) is 110 Å². The molecule has 1 N–H and O–H groups in total. The Hall–Kier alpha value is 1.51. The zero-order chi connectivity index (χ0) is 18.1. The molecule has 4 nitrogen and oxygen atoms in total. The second-order valence-electron chi connectivity index (χ2n) is 7.01. The van der Waals surface area contributed by atoms with E-state index in [0.717, 1.165) is 51.4 Å². The van der Waals surface area contributed by atoms with Crippen molar-refractivity contribution in [3.05, 3.63) is 0 Å². The molecule has 0 amide bonds. The molecular formula is C19H39KO4S. The zero-order valence-corrected chi connectivity index (χ0v) is 20.6. The Kier molecular flexibility index (Phi) is 23.3. The number of unbranched alkanes of at least 4 members (excludes halogenated alkanes) is 12. The molecule has 0 rings (SSSR count). The van der Waals surface area contributed by atoms with Gasteiger partial charge in [-0.3, -0.25) is 0 Å². The number of aliphatic hydroxyl groups excluding tert-OH is 1. The molecule has 6 heteroatoms. The van der Waals surface area contributed by atoms with Gasteiger partial charge in [-0.15, -0.1) is 0 Å². The van der Waals surface area contributed by atoms with E-state index in [1.54, 1.807) is 0 Å². The molecule has 1 atom stereocenters. The third-order valence-electron chi connectivity index (χ3n) is 4.72. The normalized spacial score (nSPS) is 12.8. The first-order valence-electron chi connectivity index (χ1n) is 10.1. The van der Waals surface area contributed by atoms with Crippen LogP contribution in [0.25, 0.3) is 0 Å². The van der Waals surface area contributed by atoms with Crippen molar-refractivity contribution >= 4 is 10.1 Å². The fraction of sp³-hybridized carbons (Fsp3) is 1.00. The van der Waals surface area contributed by atoms with Crippen molar-refractivity contribution in [1.29, 1.82) is 0 Å². The molecule has 0 saturated carbocycles. The third-order valence-corrected chi connectivity index (χ3v) is 6.01. The predicted molar refractivity (Wildman–Crippen MR) is 100 cm³/mol. The van der Waals surface area contributed by atoms with Crippen molar-refractivity contribution in [3.8, 4) is 0 Å². The second-order valence-corrected chi connectivity index (χ2v) is 8.66. The first-order chi connectivity index (χ1) is 11.5. The summed E-state index contributed by atoms with van der Waals surface area (Å²) in [5, 5.41) is 8.02. The van der Waals surface area contributed by atoms with Gasteiger partial charge in [-0.25, -0.2) is 8.42 Å². The van der Waals surface area contributed by atoms with Crippen LogP contribution in [0.3, 0.4) is 0 Å².